The number of rotatable bonds is 5. The maximum atomic E-state index is 10.9. The maximum absolute atomic E-state index is 10.9. The van der Waals surface area contributed by atoms with Gasteiger partial charge in [0.1, 0.15) is 0 Å². The van der Waals surface area contributed by atoms with E-state index in [1.165, 1.54) is 6.07 Å². The topological polar surface area (TPSA) is 73.0 Å². The molecule has 2 rings (SSSR count). The van der Waals surface area contributed by atoms with Crippen LogP contribution < -0.4 is 5.32 Å². The van der Waals surface area contributed by atoms with E-state index in [0.29, 0.717) is 12.1 Å². The lowest BCUT2D eigenvalue weighted by Gasteiger charge is -2.10. The smallest absolute Gasteiger partial charge is 0.272 e. The normalized spacial score (nSPS) is 10.4. The Hall–Kier alpha value is -2.37. The predicted molar refractivity (Wildman–Crippen MR) is 73.1 cm³/mol. The van der Waals surface area contributed by atoms with Crippen molar-refractivity contribution in [3.63, 3.8) is 0 Å². The molecule has 19 heavy (non-hydrogen) atoms. The minimum atomic E-state index is -0.355. The summed E-state index contributed by atoms with van der Waals surface area (Å²) in [5, 5.41) is 14.1. The van der Waals surface area contributed by atoms with Crippen molar-refractivity contribution in [1.29, 1.82) is 0 Å². The van der Waals surface area contributed by atoms with Gasteiger partial charge in [0.25, 0.3) is 5.69 Å². The molecule has 0 aliphatic carbocycles. The third-order valence-electron chi connectivity index (χ3n) is 3.11. The SMILES string of the molecule is CCn1ccnc1NCc1cccc([N+](=O)[O-])c1C. The first-order valence-electron chi connectivity index (χ1n) is 6.11. The van der Waals surface area contributed by atoms with E-state index in [4.69, 9.17) is 0 Å². The van der Waals surface area contributed by atoms with E-state index in [-0.39, 0.29) is 10.6 Å². The number of hydrogen-bond donors (Lipinski definition) is 1. The number of aryl methyl sites for hydroxylation is 1. The number of imidazole rings is 1. The first-order chi connectivity index (χ1) is 9.13. The van der Waals surface area contributed by atoms with Gasteiger partial charge < -0.3 is 9.88 Å². The van der Waals surface area contributed by atoms with Crippen LogP contribution in [0.15, 0.2) is 30.6 Å². The Balaban J connectivity index is 2.16. The van der Waals surface area contributed by atoms with Crippen LogP contribution in [0.2, 0.25) is 0 Å². The van der Waals surface area contributed by atoms with Crippen LogP contribution in [-0.2, 0) is 13.1 Å². The zero-order valence-corrected chi connectivity index (χ0v) is 11.0. The average molecular weight is 260 g/mol. The number of nitrogens with one attached hydrogen (secondary N) is 1. The molecule has 0 unspecified atom stereocenters. The Morgan fingerprint density at radius 1 is 1.47 bits per heavy atom. The molecule has 1 aromatic carbocycles. The summed E-state index contributed by atoms with van der Waals surface area (Å²) in [6.07, 6.45) is 3.62. The monoisotopic (exact) mass is 260 g/mol. The highest BCUT2D eigenvalue weighted by Crippen LogP contribution is 2.21. The molecule has 1 aromatic heterocycles. The van der Waals surface area contributed by atoms with Gasteiger partial charge in [-0.15, -0.1) is 0 Å². The largest absolute Gasteiger partial charge is 0.352 e. The van der Waals surface area contributed by atoms with E-state index < -0.39 is 0 Å². The number of aromatic nitrogens is 2. The van der Waals surface area contributed by atoms with Gasteiger partial charge in [0.05, 0.1) is 4.92 Å². The van der Waals surface area contributed by atoms with Gasteiger partial charge in [-0.05, 0) is 19.4 Å². The molecule has 2 aromatic rings. The number of nitro groups is 1. The summed E-state index contributed by atoms with van der Waals surface area (Å²) in [6.45, 7) is 5.15. The van der Waals surface area contributed by atoms with Gasteiger partial charge in [-0.1, -0.05) is 12.1 Å². The molecule has 0 aliphatic heterocycles. The Morgan fingerprint density at radius 2 is 2.26 bits per heavy atom. The van der Waals surface area contributed by atoms with Crippen molar-refractivity contribution < 1.29 is 4.92 Å². The van der Waals surface area contributed by atoms with Gasteiger partial charge in [-0.2, -0.15) is 0 Å². The highest BCUT2D eigenvalue weighted by molar-refractivity contribution is 5.45. The molecule has 0 aliphatic rings. The van der Waals surface area contributed by atoms with Crippen LogP contribution >= 0.6 is 0 Å². The van der Waals surface area contributed by atoms with Crippen LogP contribution in [0.3, 0.4) is 0 Å². The van der Waals surface area contributed by atoms with E-state index in [2.05, 4.69) is 10.3 Å². The Bertz CT molecular complexity index is 592. The highest BCUT2D eigenvalue weighted by atomic mass is 16.6. The van der Waals surface area contributed by atoms with Crippen LogP contribution in [0.25, 0.3) is 0 Å². The second-order valence-electron chi connectivity index (χ2n) is 4.21. The molecule has 0 saturated heterocycles. The molecule has 0 saturated carbocycles. The molecule has 100 valence electrons. The lowest BCUT2D eigenvalue weighted by molar-refractivity contribution is -0.385. The van der Waals surface area contributed by atoms with Crippen LogP contribution in [0.1, 0.15) is 18.1 Å². The summed E-state index contributed by atoms with van der Waals surface area (Å²) < 4.78 is 1.98. The fraction of sp³-hybridized carbons (Fsp3) is 0.308. The van der Waals surface area contributed by atoms with E-state index in [9.17, 15) is 10.1 Å². The molecule has 6 heteroatoms. The molecular weight excluding hydrogens is 244 g/mol. The van der Waals surface area contributed by atoms with Gasteiger partial charge in [0.15, 0.2) is 0 Å². The van der Waals surface area contributed by atoms with Crippen LogP contribution in [-0.4, -0.2) is 14.5 Å². The summed E-state index contributed by atoms with van der Waals surface area (Å²) in [6, 6.07) is 5.11. The molecule has 0 bridgehead atoms. The van der Waals surface area contributed by atoms with Gasteiger partial charge >= 0.3 is 0 Å². The quantitative estimate of drug-likeness (QED) is 0.662. The van der Waals surface area contributed by atoms with Gasteiger partial charge in [-0.3, -0.25) is 10.1 Å². The molecule has 1 heterocycles. The third kappa shape index (κ3) is 2.73. The second-order valence-corrected chi connectivity index (χ2v) is 4.21. The first-order valence-corrected chi connectivity index (χ1v) is 6.11. The fourth-order valence-electron chi connectivity index (χ4n) is 1.97. The molecule has 0 spiro atoms. The zero-order chi connectivity index (χ0) is 13.8. The second kappa shape index (κ2) is 5.51. The van der Waals surface area contributed by atoms with E-state index in [1.807, 2.05) is 23.8 Å². The molecule has 0 amide bonds. The third-order valence-corrected chi connectivity index (χ3v) is 3.11. The Morgan fingerprint density at radius 3 is 2.95 bits per heavy atom. The van der Waals surface area contributed by atoms with Gasteiger partial charge in [0.2, 0.25) is 5.95 Å². The van der Waals surface area contributed by atoms with Crippen molar-refractivity contribution in [1.82, 2.24) is 9.55 Å². The minimum absolute atomic E-state index is 0.151. The van der Waals surface area contributed by atoms with Gasteiger partial charge in [0, 0.05) is 37.1 Å². The Kier molecular flexibility index (Phi) is 3.79. The van der Waals surface area contributed by atoms with E-state index in [0.717, 1.165) is 18.1 Å². The number of anilines is 1. The lowest BCUT2D eigenvalue weighted by atomic mass is 10.1. The number of benzene rings is 1. The van der Waals surface area contributed by atoms with Crippen molar-refractivity contribution in [2.24, 2.45) is 0 Å². The Labute approximate surface area is 111 Å². The minimum Gasteiger partial charge on any atom is -0.352 e. The standard InChI is InChI=1S/C13H16N4O2/c1-3-16-8-7-14-13(16)15-9-11-5-4-6-12(10(11)2)17(18)19/h4-8H,3,9H2,1-2H3,(H,14,15). The number of nitro benzene ring substituents is 1. The van der Waals surface area contributed by atoms with Crippen molar-refractivity contribution >= 4 is 11.6 Å². The van der Waals surface area contributed by atoms with Crippen molar-refractivity contribution in [3.05, 3.63) is 51.8 Å². The summed E-state index contributed by atoms with van der Waals surface area (Å²) in [7, 11) is 0. The predicted octanol–water partition coefficient (Wildman–Crippen LogP) is 2.73. The lowest BCUT2D eigenvalue weighted by Crippen LogP contribution is -2.08. The maximum Gasteiger partial charge on any atom is 0.272 e. The van der Waals surface area contributed by atoms with Crippen molar-refractivity contribution in [3.8, 4) is 0 Å². The van der Waals surface area contributed by atoms with Crippen LogP contribution in [0.4, 0.5) is 11.6 Å². The molecule has 0 radical (unpaired) electrons. The van der Waals surface area contributed by atoms with Crippen LogP contribution in [0.5, 0.6) is 0 Å². The summed E-state index contributed by atoms with van der Waals surface area (Å²) in [5.74, 6) is 0.772. The van der Waals surface area contributed by atoms with E-state index in [1.54, 1.807) is 19.2 Å². The summed E-state index contributed by atoms with van der Waals surface area (Å²) >= 11 is 0. The fourth-order valence-corrected chi connectivity index (χ4v) is 1.97. The summed E-state index contributed by atoms with van der Waals surface area (Å²) in [5.41, 5.74) is 1.74. The molecule has 0 fully saturated rings. The number of nitrogens with zero attached hydrogens (tertiary/aromatic N) is 3. The number of hydrogen-bond acceptors (Lipinski definition) is 4. The van der Waals surface area contributed by atoms with E-state index >= 15 is 0 Å². The highest BCUT2D eigenvalue weighted by Gasteiger charge is 2.13. The average Bonchev–Trinajstić information content (AvgIpc) is 2.84. The van der Waals surface area contributed by atoms with Crippen molar-refractivity contribution in [2.75, 3.05) is 5.32 Å². The molecular formula is C13H16N4O2. The van der Waals surface area contributed by atoms with Crippen LogP contribution in [0, 0.1) is 17.0 Å². The van der Waals surface area contributed by atoms with Crippen molar-refractivity contribution in [2.45, 2.75) is 26.9 Å². The molecule has 0 atom stereocenters. The first kappa shape index (κ1) is 13.1. The summed E-state index contributed by atoms with van der Waals surface area (Å²) in [4.78, 5) is 14.7. The molecule has 6 nitrogen and oxygen atoms in total. The zero-order valence-electron chi connectivity index (χ0n) is 11.0. The molecule has 1 N–H and O–H groups in total. The van der Waals surface area contributed by atoms with Gasteiger partial charge in [-0.25, -0.2) is 4.98 Å².